The van der Waals surface area contributed by atoms with Gasteiger partial charge in [0, 0.05) is 37.4 Å². The molecule has 1 aromatic carbocycles. The van der Waals surface area contributed by atoms with Gasteiger partial charge in [0.05, 0.1) is 32.6 Å². The summed E-state index contributed by atoms with van der Waals surface area (Å²) >= 11 is 0. The van der Waals surface area contributed by atoms with Crippen LogP contribution in [0.3, 0.4) is 0 Å². The Kier molecular flexibility index (Phi) is 43.8. The quantitative estimate of drug-likeness (QED) is 0.0400. The number of carbonyl (C=O) groups is 4. The minimum Gasteiger partial charge on any atom is -0.275 e. The molecule has 2 aromatic heterocycles. The number of benzene rings is 1. The second-order valence-corrected chi connectivity index (χ2v) is 36.5. The van der Waals surface area contributed by atoms with Gasteiger partial charge in [0.15, 0.2) is 0 Å². The first kappa shape index (κ1) is 93.4. The van der Waals surface area contributed by atoms with Crippen LogP contribution in [0.5, 0.6) is 0 Å². The van der Waals surface area contributed by atoms with Crippen molar-refractivity contribution in [3.05, 3.63) is 77.9 Å². The zero-order chi connectivity index (χ0) is 79.6. The van der Waals surface area contributed by atoms with Crippen molar-refractivity contribution in [1.82, 2.24) is 18.9 Å². The van der Waals surface area contributed by atoms with E-state index in [0.29, 0.717) is 25.9 Å². The summed E-state index contributed by atoms with van der Waals surface area (Å²) in [6.07, 6.45) is 80.1. The standard InChI is InChI=1S/C99H164N4O8/c1-9-17-21-25-36-48-60-82-78(56-44-23-19-11-3)64-66-80(58-46-34-27-30-40-52-72-98(13-5,14-6)102-92(106)70-71-93(102)107)84(82)63-51-39-29-32-43-55-75-101-94(108)86-76-88-89(77-87(86)95(101)109)97(111)103(96(88)110)99(15-7,16-8)73-53-41-33-35-47-59-81-67-65-79(57-45-24-20-12-4)83(61-49-37-26-22-18-10-2)85(81)62-50-38-28-31-42-54-74-100-90(104)68-69-91(100)105/h68-71,76-85H,9-67,72-75H2,1-8H3. The van der Waals surface area contributed by atoms with Gasteiger partial charge in [-0.25, -0.2) is 0 Å². The highest BCUT2D eigenvalue weighted by Gasteiger charge is 2.43. The molecule has 12 heteroatoms. The molecule has 0 N–H and O–H groups in total. The van der Waals surface area contributed by atoms with Gasteiger partial charge in [0.25, 0.3) is 45.9 Å². The first-order valence-electron chi connectivity index (χ1n) is 48.2. The minimum absolute atomic E-state index is 0.147. The number of imide groups is 2. The molecular formula is C99H164N4O8. The average molecular weight is 1540 g/mol. The van der Waals surface area contributed by atoms with E-state index >= 15 is 0 Å². The minimum atomic E-state index is -0.634. The lowest BCUT2D eigenvalue weighted by atomic mass is 9.61. The number of amides is 4. The molecule has 0 spiro atoms. The molecule has 12 nitrogen and oxygen atoms in total. The van der Waals surface area contributed by atoms with E-state index in [-0.39, 0.29) is 72.9 Å². The second-order valence-electron chi connectivity index (χ2n) is 36.5. The van der Waals surface area contributed by atoms with Crippen LogP contribution in [0.4, 0.5) is 0 Å². The number of hydrogen-bond acceptors (Lipinski definition) is 8. The lowest BCUT2D eigenvalue weighted by molar-refractivity contribution is -0.145. The molecule has 2 aliphatic carbocycles. The maximum absolute atomic E-state index is 14.6. The van der Waals surface area contributed by atoms with Crippen molar-refractivity contribution in [2.24, 2.45) is 47.3 Å². The summed E-state index contributed by atoms with van der Waals surface area (Å²) in [4.78, 5) is 110. The van der Waals surface area contributed by atoms with E-state index in [2.05, 4.69) is 55.4 Å². The molecule has 8 atom stereocenters. The Morgan fingerprint density at radius 2 is 0.523 bits per heavy atom. The van der Waals surface area contributed by atoms with E-state index in [0.717, 1.165) is 150 Å². The molecule has 2 aliphatic heterocycles. The average Bonchev–Trinajstić information content (AvgIpc) is 1.57. The van der Waals surface area contributed by atoms with Gasteiger partial charge in [-0.1, -0.05) is 344 Å². The summed E-state index contributed by atoms with van der Waals surface area (Å²) in [6.45, 7) is 18.6. The fourth-order valence-electron chi connectivity index (χ4n) is 22.2. The Morgan fingerprint density at radius 3 is 0.847 bits per heavy atom. The van der Waals surface area contributed by atoms with Gasteiger partial charge in [-0.2, -0.15) is 0 Å². The van der Waals surface area contributed by atoms with E-state index in [1.807, 2.05) is 0 Å². The third-order valence-corrected chi connectivity index (χ3v) is 29.3. The highest BCUT2D eigenvalue weighted by Crippen LogP contribution is 2.50. The molecule has 111 heavy (non-hydrogen) atoms. The number of hydrogen-bond donors (Lipinski definition) is 0. The maximum Gasteiger partial charge on any atom is 0.262 e. The molecule has 4 heterocycles. The third-order valence-electron chi connectivity index (χ3n) is 29.3. The molecule has 0 saturated heterocycles. The molecule has 2 fully saturated rings. The summed E-state index contributed by atoms with van der Waals surface area (Å²) in [5.74, 6) is 6.03. The monoisotopic (exact) mass is 1540 g/mol. The Morgan fingerprint density at radius 1 is 0.270 bits per heavy atom. The van der Waals surface area contributed by atoms with Crippen LogP contribution in [0.25, 0.3) is 21.5 Å². The lowest BCUT2D eigenvalue weighted by Crippen LogP contribution is -2.51. The second kappa shape index (κ2) is 52.1. The van der Waals surface area contributed by atoms with Crippen LogP contribution >= 0.6 is 0 Å². The predicted octanol–water partition coefficient (Wildman–Crippen LogP) is 26.1. The van der Waals surface area contributed by atoms with Crippen molar-refractivity contribution in [2.75, 3.05) is 6.54 Å². The summed E-state index contributed by atoms with van der Waals surface area (Å²) in [6, 6.07) is 3.16. The smallest absolute Gasteiger partial charge is 0.262 e. The fourth-order valence-corrected chi connectivity index (χ4v) is 22.2. The number of unbranched alkanes of at least 4 members (excludes halogenated alkanes) is 35. The van der Waals surface area contributed by atoms with Crippen molar-refractivity contribution >= 4 is 45.2 Å². The molecule has 2 saturated carbocycles. The molecule has 0 bridgehead atoms. The molecule has 8 unspecified atom stereocenters. The largest absolute Gasteiger partial charge is 0.275 e. The van der Waals surface area contributed by atoms with Gasteiger partial charge < -0.3 is 0 Å². The van der Waals surface area contributed by atoms with Crippen LogP contribution in [0.2, 0.25) is 0 Å². The van der Waals surface area contributed by atoms with Crippen molar-refractivity contribution in [3.63, 3.8) is 0 Å². The number of rotatable bonds is 65. The summed E-state index contributed by atoms with van der Waals surface area (Å²) in [5, 5.41) is 1.06. The van der Waals surface area contributed by atoms with E-state index in [1.54, 1.807) is 17.0 Å². The predicted molar refractivity (Wildman–Crippen MR) is 467 cm³/mol. The van der Waals surface area contributed by atoms with Gasteiger partial charge in [0.2, 0.25) is 0 Å². The summed E-state index contributed by atoms with van der Waals surface area (Å²) in [7, 11) is 0. The normalized spacial score (nSPS) is 20.5. The zero-order valence-electron chi connectivity index (χ0n) is 72.7. The SMILES string of the molecule is CCCCCCCCC1C(CCCCCC)CCC(CCCCCCCCC(CC)(CC)N2C(=O)C=CC2=O)C1CCCCCCCCn1c(=O)c2cc3c(=O)n(C(CC)(CC)CCCCCCCC4CCC(CCCCCC)C(CCCCCCCC)C4CCCCCCCCN4C(=O)C=CC4=O)c(=O)c3cc2c1=O. The zero-order valence-corrected chi connectivity index (χ0v) is 72.7. The van der Waals surface area contributed by atoms with Gasteiger partial charge in [-0.05, 0) is 162 Å². The fraction of sp³-hybridized carbons (Fsp3) is 0.818. The first-order valence-corrected chi connectivity index (χ1v) is 48.2. The number of carbonyl (C=O) groups excluding carboxylic acids is 4. The molecule has 4 aliphatic rings. The van der Waals surface area contributed by atoms with E-state index in [4.69, 9.17) is 0 Å². The van der Waals surface area contributed by atoms with Gasteiger partial charge >= 0.3 is 0 Å². The van der Waals surface area contributed by atoms with Crippen LogP contribution in [-0.4, -0.2) is 54.6 Å². The van der Waals surface area contributed by atoms with Crippen molar-refractivity contribution < 1.29 is 19.2 Å². The van der Waals surface area contributed by atoms with Gasteiger partial charge in [-0.3, -0.25) is 57.3 Å². The van der Waals surface area contributed by atoms with Crippen LogP contribution < -0.4 is 22.2 Å². The van der Waals surface area contributed by atoms with Crippen LogP contribution in [0.15, 0.2) is 55.6 Å². The molecular weight excluding hydrogens is 1370 g/mol. The Balaban J connectivity index is 0.892. The molecule has 628 valence electrons. The van der Waals surface area contributed by atoms with Gasteiger partial charge in [0.1, 0.15) is 0 Å². The first-order chi connectivity index (χ1) is 54.1. The molecule has 4 amide bonds. The van der Waals surface area contributed by atoms with Crippen molar-refractivity contribution in [1.29, 1.82) is 0 Å². The van der Waals surface area contributed by atoms with E-state index in [9.17, 15) is 38.4 Å². The van der Waals surface area contributed by atoms with Crippen molar-refractivity contribution in [2.45, 2.75) is 465 Å². The highest BCUT2D eigenvalue weighted by molar-refractivity contribution is 6.14. The summed E-state index contributed by atoms with van der Waals surface area (Å²) in [5.41, 5.74) is -2.33. The van der Waals surface area contributed by atoms with Crippen LogP contribution in [-0.2, 0) is 31.3 Å². The van der Waals surface area contributed by atoms with Crippen molar-refractivity contribution in [3.8, 4) is 0 Å². The lowest BCUT2D eigenvalue weighted by Gasteiger charge is -2.44. The van der Waals surface area contributed by atoms with E-state index < -0.39 is 5.54 Å². The number of aromatic nitrogens is 2. The topological polar surface area (TPSA) is 153 Å². The molecule has 0 radical (unpaired) electrons. The summed E-state index contributed by atoms with van der Waals surface area (Å²) < 4.78 is 2.90. The molecule has 3 aromatic rings. The number of nitrogens with zero attached hydrogens (tertiary/aromatic N) is 4. The Bertz CT molecular complexity index is 3310. The third kappa shape index (κ3) is 28.0. The maximum atomic E-state index is 14.6. The van der Waals surface area contributed by atoms with E-state index in [1.165, 1.54) is 314 Å². The van der Waals surface area contributed by atoms with Gasteiger partial charge in [-0.15, -0.1) is 0 Å². The Labute approximate surface area is 676 Å². The highest BCUT2D eigenvalue weighted by atomic mass is 16.2. The number of fused-ring (bicyclic) bond motifs is 2. The Hall–Kier alpha value is -4.74. The molecule has 7 rings (SSSR count). The van der Waals surface area contributed by atoms with Crippen LogP contribution in [0.1, 0.15) is 447 Å². The van der Waals surface area contributed by atoms with Crippen LogP contribution in [0, 0.1) is 47.3 Å².